The van der Waals surface area contributed by atoms with Gasteiger partial charge >= 0.3 is 11.7 Å². The Kier molecular flexibility index (Phi) is 7.98. The number of nitro benzene ring substituents is 1. The first-order valence-corrected chi connectivity index (χ1v) is 8.98. The Morgan fingerprint density at radius 2 is 1.70 bits per heavy atom. The first kappa shape index (κ1) is 22.5. The number of nitrogens with zero attached hydrogens (tertiary/aromatic N) is 1. The number of benzene rings is 2. The largest absolute Gasteiger partial charge is 0.494 e. The van der Waals surface area contributed by atoms with Crippen LogP contribution in [0.25, 0.3) is 0 Å². The molecule has 0 atom stereocenters. The van der Waals surface area contributed by atoms with Crippen LogP contribution in [0, 0.1) is 17.0 Å². The summed E-state index contributed by atoms with van der Waals surface area (Å²) in [5.41, 5.74) is 0.552. The van der Waals surface area contributed by atoms with Gasteiger partial charge in [-0.3, -0.25) is 14.9 Å². The maximum Gasteiger partial charge on any atom is 0.344 e. The van der Waals surface area contributed by atoms with Crippen molar-refractivity contribution in [3.63, 3.8) is 0 Å². The standard InChI is InChI=1S/C20H22N2O8/c1-4-28-14-5-7-15(8-6-14)29-12-20(24)30-11-19(23)21-16-10-18(27-3)17(22(25)26)9-13(16)2/h5-10H,4,11-12H2,1-3H3,(H,21,23). The van der Waals surface area contributed by atoms with E-state index in [0.29, 0.717) is 29.4 Å². The molecule has 0 aliphatic heterocycles. The van der Waals surface area contributed by atoms with Crippen molar-refractivity contribution < 1.29 is 33.5 Å². The predicted molar refractivity (Wildman–Crippen MR) is 107 cm³/mol. The summed E-state index contributed by atoms with van der Waals surface area (Å²) in [5.74, 6) is -0.196. The van der Waals surface area contributed by atoms with Crippen molar-refractivity contribution in [1.29, 1.82) is 0 Å². The number of rotatable bonds is 10. The molecule has 0 aliphatic rings. The summed E-state index contributed by atoms with van der Waals surface area (Å²) in [7, 11) is 1.29. The monoisotopic (exact) mass is 418 g/mol. The number of anilines is 1. The van der Waals surface area contributed by atoms with Crippen molar-refractivity contribution >= 4 is 23.3 Å². The summed E-state index contributed by atoms with van der Waals surface area (Å²) in [6.45, 7) is 3.10. The zero-order valence-electron chi connectivity index (χ0n) is 16.8. The van der Waals surface area contributed by atoms with E-state index >= 15 is 0 Å². The van der Waals surface area contributed by atoms with Gasteiger partial charge in [0.25, 0.3) is 5.91 Å². The number of nitro groups is 1. The fourth-order valence-electron chi connectivity index (χ4n) is 2.43. The fourth-order valence-corrected chi connectivity index (χ4v) is 2.43. The van der Waals surface area contributed by atoms with E-state index < -0.39 is 23.4 Å². The maximum absolute atomic E-state index is 12.0. The second-order valence-electron chi connectivity index (χ2n) is 6.00. The minimum Gasteiger partial charge on any atom is -0.494 e. The Bertz CT molecular complexity index is 912. The van der Waals surface area contributed by atoms with E-state index in [-0.39, 0.29) is 18.0 Å². The molecular formula is C20H22N2O8. The van der Waals surface area contributed by atoms with Crippen LogP contribution in [0.4, 0.5) is 11.4 Å². The van der Waals surface area contributed by atoms with E-state index in [1.165, 1.54) is 19.2 Å². The molecule has 0 radical (unpaired) electrons. The van der Waals surface area contributed by atoms with Crippen LogP contribution in [0.5, 0.6) is 17.2 Å². The van der Waals surface area contributed by atoms with Crippen LogP contribution in [-0.2, 0) is 14.3 Å². The number of nitrogens with one attached hydrogen (secondary N) is 1. The van der Waals surface area contributed by atoms with Crippen LogP contribution < -0.4 is 19.5 Å². The molecular weight excluding hydrogens is 396 g/mol. The molecule has 0 fully saturated rings. The van der Waals surface area contributed by atoms with Gasteiger partial charge in [-0.1, -0.05) is 0 Å². The molecule has 30 heavy (non-hydrogen) atoms. The van der Waals surface area contributed by atoms with Crippen LogP contribution in [0.15, 0.2) is 36.4 Å². The van der Waals surface area contributed by atoms with Crippen LogP contribution in [0.2, 0.25) is 0 Å². The molecule has 2 rings (SSSR count). The van der Waals surface area contributed by atoms with Crippen LogP contribution >= 0.6 is 0 Å². The van der Waals surface area contributed by atoms with Gasteiger partial charge in [0.05, 0.1) is 18.6 Å². The normalized spacial score (nSPS) is 10.1. The molecule has 0 saturated carbocycles. The number of hydrogen-bond acceptors (Lipinski definition) is 8. The van der Waals surface area contributed by atoms with Gasteiger partial charge in [-0.25, -0.2) is 4.79 Å². The summed E-state index contributed by atoms with van der Waals surface area (Å²) in [5, 5.41) is 13.5. The average Bonchev–Trinajstić information content (AvgIpc) is 2.73. The Morgan fingerprint density at radius 3 is 2.27 bits per heavy atom. The van der Waals surface area contributed by atoms with Crippen molar-refractivity contribution in [2.75, 3.05) is 32.2 Å². The summed E-state index contributed by atoms with van der Waals surface area (Å²) >= 11 is 0. The molecule has 160 valence electrons. The quantitative estimate of drug-likeness (QED) is 0.355. The van der Waals surface area contributed by atoms with Gasteiger partial charge in [0.15, 0.2) is 19.0 Å². The number of carbonyl (C=O) groups is 2. The van der Waals surface area contributed by atoms with Crippen molar-refractivity contribution in [1.82, 2.24) is 0 Å². The summed E-state index contributed by atoms with van der Waals surface area (Å²) in [4.78, 5) is 34.3. The maximum atomic E-state index is 12.0. The predicted octanol–water partition coefficient (Wildman–Crippen LogP) is 2.87. The van der Waals surface area contributed by atoms with Gasteiger partial charge < -0.3 is 24.3 Å². The number of aryl methyl sites for hydroxylation is 1. The molecule has 0 spiro atoms. The van der Waals surface area contributed by atoms with Crippen LogP contribution in [0.3, 0.4) is 0 Å². The lowest BCUT2D eigenvalue weighted by Crippen LogP contribution is -2.24. The van der Waals surface area contributed by atoms with E-state index in [4.69, 9.17) is 18.9 Å². The Balaban J connectivity index is 1.84. The number of methoxy groups -OCH3 is 1. The Morgan fingerprint density at radius 1 is 1.07 bits per heavy atom. The zero-order chi connectivity index (χ0) is 22.1. The molecule has 10 heteroatoms. The molecule has 2 aromatic carbocycles. The van der Waals surface area contributed by atoms with Gasteiger partial charge in [0.1, 0.15) is 11.5 Å². The van der Waals surface area contributed by atoms with E-state index in [0.717, 1.165) is 0 Å². The van der Waals surface area contributed by atoms with Gasteiger partial charge in [0.2, 0.25) is 0 Å². The highest BCUT2D eigenvalue weighted by molar-refractivity contribution is 5.94. The molecule has 10 nitrogen and oxygen atoms in total. The van der Waals surface area contributed by atoms with Crippen molar-refractivity contribution in [2.45, 2.75) is 13.8 Å². The summed E-state index contributed by atoms with van der Waals surface area (Å²) in [6, 6.07) is 9.33. The molecule has 0 aromatic heterocycles. The highest BCUT2D eigenvalue weighted by Crippen LogP contribution is 2.32. The average molecular weight is 418 g/mol. The summed E-state index contributed by atoms with van der Waals surface area (Å²) in [6.07, 6.45) is 0. The highest BCUT2D eigenvalue weighted by atomic mass is 16.6. The van der Waals surface area contributed by atoms with Crippen molar-refractivity contribution in [2.24, 2.45) is 0 Å². The first-order chi connectivity index (χ1) is 14.3. The molecule has 0 aliphatic carbocycles. The van der Waals surface area contributed by atoms with Crippen LogP contribution in [-0.4, -0.2) is 43.7 Å². The lowest BCUT2D eigenvalue weighted by atomic mass is 10.1. The lowest BCUT2D eigenvalue weighted by molar-refractivity contribution is -0.385. The molecule has 1 N–H and O–H groups in total. The zero-order valence-corrected chi connectivity index (χ0v) is 16.8. The molecule has 0 unspecified atom stereocenters. The summed E-state index contributed by atoms with van der Waals surface area (Å²) < 4.78 is 20.5. The van der Waals surface area contributed by atoms with Gasteiger partial charge in [-0.15, -0.1) is 0 Å². The second-order valence-corrected chi connectivity index (χ2v) is 6.00. The van der Waals surface area contributed by atoms with Gasteiger partial charge in [0, 0.05) is 17.8 Å². The molecule has 1 amide bonds. The number of ether oxygens (including phenoxy) is 4. The third kappa shape index (κ3) is 6.36. The first-order valence-electron chi connectivity index (χ1n) is 8.98. The third-order valence-corrected chi connectivity index (χ3v) is 3.85. The Labute approximate surface area is 172 Å². The smallest absolute Gasteiger partial charge is 0.344 e. The molecule has 2 aromatic rings. The SMILES string of the molecule is CCOc1ccc(OCC(=O)OCC(=O)Nc2cc(OC)c([N+](=O)[O-])cc2C)cc1. The number of hydrogen-bond donors (Lipinski definition) is 1. The van der Waals surface area contributed by atoms with E-state index in [1.54, 1.807) is 31.2 Å². The molecule has 0 bridgehead atoms. The van der Waals surface area contributed by atoms with E-state index in [1.807, 2.05) is 6.92 Å². The molecule has 0 heterocycles. The lowest BCUT2D eigenvalue weighted by Gasteiger charge is -2.11. The number of carbonyl (C=O) groups excluding carboxylic acids is 2. The minimum atomic E-state index is -0.725. The van der Waals surface area contributed by atoms with Crippen molar-refractivity contribution in [3.8, 4) is 17.2 Å². The highest BCUT2D eigenvalue weighted by Gasteiger charge is 2.18. The third-order valence-electron chi connectivity index (χ3n) is 3.85. The van der Waals surface area contributed by atoms with Crippen molar-refractivity contribution in [3.05, 3.63) is 52.1 Å². The topological polar surface area (TPSA) is 126 Å². The van der Waals surface area contributed by atoms with E-state index in [9.17, 15) is 19.7 Å². The van der Waals surface area contributed by atoms with Gasteiger partial charge in [-0.2, -0.15) is 0 Å². The van der Waals surface area contributed by atoms with E-state index in [2.05, 4.69) is 5.32 Å². The van der Waals surface area contributed by atoms with Crippen LogP contribution in [0.1, 0.15) is 12.5 Å². The second kappa shape index (κ2) is 10.6. The number of esters is 1. The fraction of sp³-hybridized carbons (Fsp3) is 0.300. The minimum absolute atomic E-state index is 0.00153. The molecule has 0 saturated heterocycles. The Hall–Kier alpha value is -3.82. The van der Waals surface area contributed by atoms with Gasteiger partial charge in [-0.05, 0) is 43.7 Å². The number of amides is 1.